The van der Waals surface area contributed by atoms with Crippen molar-refractivity contribution in [3.8, 4) is 11.1 Å². The van der Waals surface area contributed by atoms with E-state index < -0.39 is 0 Å². The maximum atomic E-state index is 12.8. The third kappa shape index (κ3) is 4.46. The summed E-state index contributed by atoms with van der Waals surface area (Å²) in [4.78, 5) is 19.4. The molecule has 6 heteroatoms. The van der Waals surface area contributed by atoms with E-state index in [0.717, 1.165) is 43.6 Å². The van der Waals surface area contributed by atoms with E-state index in [2.05, 4.69) is 26.4 Å². The van der Waals surface area contributed by atoms with Crippen LogP contribution in [0.15, 0.2) is 61.2 Å². The second-order valence-corrected chi connectivity index (χ2v) is 7.39. The van der Waals surface area contributed by atoms with Crippen LogP contribution >= 0.6 is 0 Å². The Hall–Kier alpha value is -2.99. The Labute approximate surface area is 165 Å². The number of nitrogens with one attached hydrogen (secondary N) is 1. The number of piperidine rings is 1. The largest absolute Gasteiger partial charge is 0.348 e. The molecule has 3 heterocycles. The van der Waals surface area contributed by atoms with Crippen molar-refractivity contribution in [2.75, 3.05) is 13.1 Å². The third-order valence-electron chi connectivity index (χ3n) is 5.13. The molecule has 2 aromatic heterocycles. The molecule has 144 valence electrons. The van der Waals surface area contributed by atoms with Gasteiger partial charge in [-0.15, -0.1) is 0 Å². The molecule has 0 saturated carbocycles. The van der Waals surface area contributed by atoms with Crippen LogP contribution in [0.1, 0.15) is 28.8 Å². The van der Waals surface area contributed by atoms with Crippen molar-refractivity contribution in [2.45, 2.75) is 25.4 Å². The molecule has 1 saturated heterocycles. The first kappa shape index (κ1) is 18.4. The number of aromatic nitrogens is 3. The molecule has 3 aromatic rings. The fourth-order valence-electron chi connectivity index (χ4n) is 3.75. The SMILES string of the molecule is Cn1cc(-c2cccc(C(=O)N[C@@H]3CCCN(Cc4cccnc4)C3)c2)cn1. The van der Waals surface area contributed by atoms with Crippen molar-refractivity contribution in [1.82, 2.24) is 25.0 Å². The van der Waals surface area contributed by atoms with Gasteiger partial charge in [-0.2, -0.15) is 5.10 Å². The zero-order valence-corrected chi connectivity index (χ0v) is 16.1. The van der Waals surface area contributed by atoms with E-state index >= 15 is 0 Å². The van der Waals surface area contributed by atoms with Gasteiger partial charge in [0.1, 0.15) is 0 Å². The summed E-state index contributed by atoms with van der Waals surface area (Å²) in [5.74, 6) is -0.0148. The van der Waals surface area contributed by atoms with Gasteiger partial charge in [0.15, 0.2) is 0 Å². The summed E-state index contributed by atoms with van der Waals surface area (Å²) >= 11 is 0. The highest BCUT2D eigenvalue weighted by atomic mass is 16.1. The van der Waals surface area contributed by atoms with Gasteiger partial charge in [-0.25, -0.2) is 0 Å². The van der Waals surface area contributed by atoms with Gasteiger partial charge in [-0.1, -0.05) is 18.2 Å². The molecule has 1 atom stereocenters. The number of nitrogens with zero attached hydrogens (tertiary/aromatic N) is 4. The Morgan fingerprint density at radius 2 is 2.14 bits per heavy atom. The minimum absolute atomic E-state index is 0.0148. The van der Waals surface area contributed by atoms with Gasteiger partial charge < -0.3 is 5.32 Å². The van der Waals surface area contributed by atoms with E-state index in [1.807, 2.05) is 56.0 Å². The highest BCUT2D eigenvalue weighted by Gasteiger charge is 2.22. The van der Waals surface area contributed by atoms with Crippen LogP contribution in [0.3, 0.4) is 0 Å². The number of rotatable bonds is 5. The molecule has 6 nitrogen and oxygen atoms in total. The van der Waals surface area contributed by atoms with Crippen LogP contribution in [-0.4, -0.2) is 44.7 Å². The first-order valence-corrected chi connectivity index (χ1v) is 9.68. The highest BCUT2D eigenvalue weighted by Crippen LogP contribution is 2.20. The second kappa shape index (κ2) is 8.35. The van der Waals surface area contributed by atoms with Gasteiger partial charge in [-0.05, 0) is 48.7 Å². The lowest BCUT2D eigenvalue weighted by Gasteiger charge is -2.33. The van der Waals surface area contributed by atoms with E-state index in [1.165, 1.54) is 5.56 Å². The van der Waals surface area contributed by atoms with Gasteiger partial charge in [0.2, 0.25) is 0 Å². The van der Waals surface area contributed by atoms with Crippen LogP contribution in [0.4, 0.5) is 0 Å². The molecular weight excluding hydrogens is 350 g/mol. The van der Waals surface area contributed by atoms with Crippen LogP contribution in [0.2, 0.25) is 0 Å². The standard InChI is InChI=1S/C22H25N5O/c1-26-15-20(13-24-26)18-6-2-7-19(11-18)22(28)25-21-8-4-10-27(16-21)14-17-5-3-9-23-12-17/h2-3,5-7,9,11-13,15,21H,4,8,10,14,16H2,1H3,(H,25,28)/t21-/m1/s1. The average Bonchev–Trinajstić information content (AvgIpc) is 3.16. The molecule has 1 N–H and O–H groups in total. The quantitative estimate of drug-likeness (QED) is 0.745. The van der Waals surface area contributed by atoms with Gasteiger partial charge in [0, 0.05) is 55.9 Å². The minimum Gasteiger partial charge on any atom is -0.348 e. The predicted molar refractivity (Wildman–Crippen MR) is 109 cm³/mol. The molecule has 4 rings (SSSR count). The summed E-state index contributed by atoms with van der Waals surface area (Å²) in [6, 6.07) is 12.0. The number of hydrogen-bond acceptors (Lipinski definition) is 4. The normalized spacial score (nSPS) is 17.4. The molecule has 0 aliphatic carbocycles. The predicted octanol–water partition coefficient (Wildman–Crippen LogP) is 2.88. The van der Waals surface area contributed by atoms with E-state index in [0.29, 0.717) is 5.56 Å². The molecule has 1 fully saturated rings. The van der Waals surface area contributed by atoms with Crippen molar-refractivity contribution in [3.63, 3.8) is 0 Å². The Morgan fingerprint density at radius 1 is 1.21 bits per heavy atom. The molecule has 28 heavy (non-hydrogen) atoms. The lowest BCUT2D eigenvalue weighted by molar-refractivity contribution is 0.0901. The summed E-state index contributed by atoms with van der Waals surface area (Å²) in [5, 5.41) is 7.43. The van der Waals surface area contributed by atoms with Gasteiger partial charge in [-0.3, -0.25) is 19.4 Å². The molecule has 1 amide bonds. The Kier molecular flexibility index (Phi) is 5.48. The summed E-state index contributed by atoms with van der Waals surface area (Å²) in [5.41, 5.74) is 3.91. The van der Waals surface area contributed by atoms with Crippen molar-refractivity contribution in [2.24, 2.45) is 7.05 Å². The zero-order chi connectivity index (χ0) is 19.3. The van der Waals surface area contributed by atoms with Crippen molar-refractivity contribution in [1.29, 1.82) is 0 Å². The monoisotopic (exact) mass is 375 g/mol. The third-order valence-corrected chi connectivity index (χ3v) is 5.13. The first-order valence-electron chi connectivity index (χ1n) is 9.68. The average molecular weight is 375 g/mol. The van der Waals surface area contributed by atoms with Crippen LogP contribution in [0.25, 0.3) is 11.1 Å². The Bertz CT molecular complexity index is 937. The maximum absolute atomic E-state index is 12.8. The Morgan fingerprint density at radius 3 is 2.93 bits per heavy atom. The lowest BCUT2D eigenvalue weighted by Crippen LogP contribution is -2.47. The molecule has 0 bridgehead atoms. The second-order valence-electron chi connectivity index (χ2n) is 7.39. The van der Waals surface area contributed by atoms with Crippen LogP contribution in [0.5, 0.6) is 0 Å². The Balaban J connectivity index is 1.39. The van der Waals surface area contributed by atoms with Crippen LogP contribution < -0.4 is 5.32 Å². The van der Waals surface area contributed by atoms with Crippen molar-refractivity contribution in [3.05, 3.63) is 72.3 Å². The topological polar surface area (TPSA) is 63.1 Å². The minimum atomic E-state index is -0.0148. The lowest BCUT2D eigenvalue weighted by atomic mass is 10.0. The molecule has 0 spiro atoms. The summed E-state index contributed by atoms with van der Waals surface area (Å²) in [7, 11) is 1.89. The van der Waals surface area contributed by atoms with E-state index in [1.54, 1.807) is 10.9 Å². The molecular formula is C22H25N5O. The van der Waals surface area contributed by atoms with E-state index in [4.69, 9.17) is 0 Å². The molecule has 0 radical (unpaired) electrons. The maximum Gasteiger partial charge on any atom is 0.251 e. The number of carbonyl (C=O) groups excluding carboxylic acids is 1. The van der Waals surface area contributed by atoms with Gasteiger partial charge in [0.05, 0.1) is 6.20 Å². The van der Waals surface area contributed by atoms with Gasteiger partial charge in [0.25, 0.3) is 5.91 Å². The number of amides is 1. The molecule has 0 unspecified atom stereocenters. The number of pyridine rings is 1. The van der Waals surface area contributed by atoms with Crippen LogP contribution in [0, 0.1) is 0 Å². The first-order chi connectivity index (χ1) is 13.7. The van der Waals surface area contributed by atoms with Crippen molar-refractivity contribution >= 4 is 5.91 Å². The smallest absolute Gasteiger partial charge is 0.251 e. The van der Waals surface area contributed by atoms with Gasteiger partial charge >= 0.3 is 0 Å². The molecule has 1 aliphatic heterocycles. The highest BCUT2D eigenvalue weighted by molar-refractivity contribution is 5.95. The van der Waals surface area contributed by atoms with Crippen LogP contribution in [-0.2, 0) is 13.6 Å². The number of carbonyl (C=O) groups is 1. The summed E-state index contributed by atoms with van der Waals surface area (Å²) in [6.45, 7) is 2.79. The fourth-order valence-corrected chi connectivity index (χ4v) is 3.75. The van der Waals surface area contributed by atoms with E-state index in [9.17, 15) is 4.79 Å². The van der Waals surface area contributed by atoms with E-state index in [-0.39, 0.29) is 11.9 Å². The number of likely N-dealkylation sites (tertiary alicyclic amines) is 1. The summed E-state index contributed by atoms with van der Waals surface area (Å²) < 4.78 is 1.76. The molecule has 1 aliphatic rings. The number of aryl methyl sites for hydroxylation is 1. The van der Waals surface area contributed by atoms with Crippen molar-refractivity contribution < 1.29 is 4.79 Å². The number of benzene rings is 1. The number of hydrogen-bond donors (Lipinski definition) is 1. The molecule has 1 aromatic carbocycles. The summed E-state index contributed by atoms with van der Waals surface area (Å²) in [6.07, 6.45) is 9.57. The zero-order valence-electron chi connectivity index (χ0n) is 16.1. The fraction of sp³-hybridized carbons (Fsp3) is 0.318.